The summed E-state index contributed by atoms with van der Waals surface area (Å²) in [6.45, 7) is 6.28. The van der Waals surface area contributed by atoms with Gasteiger partial charge in [-0.05, 0) is 33.1 Å². The average molecular weight is 220 g/mol. The molecule has 0 aromatic heterocycles. The van der Waals surface area contributed by atoms with Crippen molar-refractivity contribution in [3.8, 4) is 0 Å². The molecule has 0 radical (unpaired) electrons. The number of carbonyl (C=O) groups is 1. The summed E-state index contributed by atoms with van der Waals surface area (Å²) in [6.07, 6.45) is 3.41. The zero-order chi connectivity index (χ0) is 11.2. The van der Waals surface area contributed by atoms with Gasteiger partial charge in [-0.25, -0.2) is 0 Å². The predicted molar refractivity (Wildman–Crippen MR) is 61.7 cm³/mol. The fourth-order valence-corrected chi connectivity index (χ4v) is 1.30. The van der Waals surface area contributed by atoms with Crippen LogP contribution >= 0.6 is 11.6 Å². The number of carbonyl (C=O) groups excluding carboxylic acids is 1. The molecule has 0 heterocycles. The van der Waals surface area contributed by atoms with Gasteiger partial charge in [0.1, 0.15) is 0 Å². The third-order valence-electron chi connectivity index (χ3n) is 2.92. The van der Waals surface area contributed by atoms with E-state index in [1.807, 2.05) is 11.9 Å². The maximum atomic E-state index is 11.7. The van der Waals surface area contributed by atoms with Crippen LogP contribution in [-0.4, -0.2) is 29.3 Å². The average Bonchev–Trinajstić information content (AvgIpc) is 2.17. The third kappa shape index (κ3) is 4.32. The highest BCUT2D eigenvalue weighted by Gasteiger charge is 2.24. The molecule has 0 rings (SSSR count). The smallest absolute Gasteiger partial charge is 0.222 e. The lowest BCUT2D eigenvalue weighted by atomic mass is 9.99. The lowest BCUT2D eigenvalue weighted by Gasteiger charge is -2.35. The Morgan fingerprint density at radius 3 is 2.36 bits per heavy atom. The van der Waals surface area contributed by atoms with Gasteiger partial charge in [-0.15, -0.1) is 11.6 Å². The Balaban J connectivity index is 3.99. The summed E-state index contributed by atoms with van der Waals surface area (Å²) in [7, 11) is 1.88. The molecule has 0 N–H and O–H groups in total. The van der Waals surface area contributed by atoms with Gasteiger partial charge in [0.05, 0.1) is 0 Å². The Bertz CT molecular complexity index is 180. The first kappa shape index (κ1) is 13.8. The van der Waals surface area contributed by atoms with E-state index in [0.717, 1.165) is 19.3 Å². The molecule has 0 aromatic rings. The Morgan fingerprint density at radius 1 is 1.36 bits per heavy atom. The van der Waals surface area contributed by atoms with Crippen molar-refractivity contribution in [3.05, 3.63) is 0 Å². The molecular weight excluding hydrogens is 198 g/mol. The fourth-order valence-electron chi connectivity index (χ4n) is 1.11. The van der Waals surface area contributed by atoms with E-state index in [0.29, 0.717) is 12.3 Å². The summed E-state index contributed by atoms with van der Waals surface area (Å²) in [4.78, 5) is 13.6. The Labute approximate surface area is 92.6 Å². The molecule has 0 aliphatic rings. The minimum absolute atomic E-state index is 0.0297. The molecule has 0 unspecified atom stereocenters. The van der Waals surface area contributed by atoms with Crippen LogP contribution in [0.1, 0.15) is 46.5 Å². The lowest BCUT2D eigenvalue weighted by molar-refractivity contribution is -0.134. The van der Waals surface area contributed by atoms with E-state index in [9.17, 15) is 4.79 Å². The van der Waals surface area contributed by atoms with Crippen LogP contribution in [-0.2, 0) is 4.79 Å². The van der Waals surface area contributed by atoms with Crippen LogP contribution in [0.3, 0.4) is 0 Å². The van der Waals surface area contributed by atoms with Crippen LogP contribution in [0.5, 0.6) is 0 Å². The number of hydrogen-bond acceptors (Lipinski definition) is 1. The number of alkyl halides is 1. The van der Waals surface area contributed by atoms with Gasteiger partial charge in [0.25, 0.3) is 0 Å². The van der Waals surface area contributed by atoms with Gasteiger partial charge in [0.2, 0.25) is 5.91 Å². The van der Waals surface area contributed by atoms with Crippen LogP contribution in [0.25, 0.3) is 0 Å². The van der Waals surface area contributed by atoms with Crippen molar-refractivity contribution in [2.45, 2.75) is 52.0 Å². The zero-order valence-electron chi connectivity index (χ0n) is 9.77. The summed E-state index contributed by atoms with van der Waals surface area (Å²) < 4.78 is 0. The minimum atomic E-state index is -0.0297. The summed E-state index contributed by atoms with van der Waals surface area (Å²) in [5, 5.41) is 0. The van der Waals surface area contributed by atoms with Crippen molar-refractivity contribution < 1.29 is 4.79 Å². The Morgan fingerprint density at radius 2 is 1.93 bits per heavy atom. The highest BCUT2D eigenvalue weighted by molar-refractivity contribution is 6.17. The molecule has 0 aliphatic heterocycles. The molecule has 84 valence electrons. The van der Waals surface area contributed by atoms with Gasteiger partial charge < -0.3 is 4.90 Å². The van der Waals surface area contributed by atoms with Crippen LogP contribution < -0.4 is 0 Å². The highest BCUT2D eigenvalue weighted by atomic mass is 35.5. The van der Waals surface area contributed by atoms with Crippen LogP contribution in [0.4, 0.5) is 0 Å². The summed E-state index contributed by atoms with van der Waals surface area (Å²) in [5.74, 6) is 0.871. The summed E-state index contributed by atoms with van der Waals surface area (Å²) in [5.41, 5.74) is -0.0297. The quantitative estimate of drug-likeness (QED) is 0.497. The van der Waals surface area contributed by atoms with Crippen molar-refractivity contribution in [3.63, 3.8) is 0 Å². The van der Waals surface area contributed by atoms with E-state index >= 15 is 0 Å². The van der Waals surface area contributed by atoms with Crippen LogP contribution in [0.15, 0.2) is 0 Å². The molecule has 0 saturated heterocycles. The molecule has 0 atom stereocenters. The Kier molecular flexibility index (Phi) is 6.17. The highest BCUT2D eigenvalue weighted by Crippen LogP contribution is 2.17. The van der Waals surface area contributed by atoms with Crippen molar-refractivity contribution in [2.24, 2.45) is 0 Å². The molecule has 0 saturated carbocycles. The second-order valence-corrected chi connectivity index (χ2v) is 4.64. The molecular formula is C11H22ClNO. The van der Waals surface area contributed by atoms with Gasteiger partial charge >= 0.3 is 0 Å². The standard InChI is InChI=1S/C11H22ClNO/c1-5-11(2,3)13(4)10(14)8-6-7-9-12/h5-9H2,1-4H3. The molecule has 1 amide bonds. The first-order valence-corrected chi connectivity index (χ1v) is 5.81. The third-order valence-corrected chi connectivity index (χ3v) is 3.19. The summed E-state index contributed by atoms with van der Waals surface area (Å²) >= 11 is 5.56. The number of amides is 1. The van der Waals surface area contributed by atoms with E-state index in [4.69, 9.17) is 11.6 Å². The second-order valence-electron chi connectivity index (χ2n) is 4.26. The molecule has 0 fully saturated rings. The minimum Gasteiger partial charge on any atom is -0.341 e. The van der Waals surface area contributed by atoms with Crippen molar-refractivity contribution in [2.75, 3.05) is 12.9 Å². The van der Waals surface area contributed by atoms with Gasteiger partial charge in [0, 0.05) is 24.9 Å². The largest absolute Gasteiger partial charge is 0.341 e. The SMILES string of the molecule is CCC(C)(C)N(C)C(=O)CCCCCl. The normalized spacial score (nSPS) is 11.5. The zero-order valence-corrected chi connectivity index (χ0v) is 10.5. The first-order valence-electron chi connectivity index (χ1n) is 5.28. The molecule has 0 spiro atoms. The molecule has 2 nitrogen and oxygen atoms in total. The van der Waals surface area contributed by atoms with Gasteiger partial charge in [-0.3, -0.25) is 4.79 Å². The number of unbranched alkanes of at least 4 members (excludes halogenated alkanes) is 1. The topological polar surface area (TPSA) is 20.3 Å². The van der Waals surface area contributed by atoms with E-state index in [2.05, 4.69) is 20.8 Å². The van der Waals surface area contributed by atoms with Crippen LogP contribution in [0.2, 0.25) is 0 Å². The van der Waals surface area contributed by atoms with E-state index in [1.54, 1.807) is 0 Å². The maximum Gasteiger partial charge on any atom is 0.222 e. The molecule has 0 aromatic carbocycles. The number of nitrogens with zero attached hydrogens (tertiary/aromatic N) is 1. The van der Waals surface area contributed by atoms with E-state index in [-0.39, 0.29) is 11.4 Å². The molecule has 0 aliphatic carbocycles. The lowest BCUT2D eigenvalue weighted by Crippen LogP contribution is -2.44. The first-order chi connectivity index (χ1) is 6.45. The predicted octanol–water partition coefficient (Wildman–Crippen LogP) is 3.04. The second kappa shape index (κ2) is 6.28. The monoisotopic (exact) mass is 219 g/mol. The number of hydrogen-bond donors (Lipinski definition) is 0. The molecule has 3 heteroatoms. The van der Waals surface area contributed by atoms with E-state index < -0.39 is 0 Å². The van der Waals surface area contributed by atoms with Crippen molar-refractivity contribution in [1.82, 2.24) is 4.90 Å². The van der Waals surface area contributed by atoms with Crippen LogP contribution in [0, 0.1) is 0 Å². The molecule has 0 bridgehead atoms. The molecule has 14 heavy (non-hydrogen) atoms. The van der Waals surface area contributed by atoms with Crippen molar-refractivity contribution >= 4 is 17.5 Å². The fraction of sp³-hybridized carbons (Fsp3) is 0.909. The van der Waals surface area contributed by atoms with Gasteiger partial charge in [0.15, 0.2) is 0 Å². The van der Waals surface area contributed by atoms with Crippen molar-refractivity contribution in [1.29, 1.82) is 0 Å². The number of rotatable bonds is 6. The number of halogens is 1. The van der Waals surface area contributed by atoms with Gasteiger partial charge in [-0.2, -0.15) is 0 Å². The van der Waals surface area contributed by atoms with Gasteiger partial charge in [-0.1, -0.05) is 6.92 Å². The summed E-state index contributed by atoms with van der Waals surface area (Å²) in [6, 6.07) is 0. The Hall–Kier alpha value is -0.240. The maximum absolute atomic E-state index is 11.7. The van der Waals surface area contributed by atoms with E-state index in [1.165, 1.54) is 0 Å².